The van der Waals surface area contributed by atoms with Gasteiger partial charge in [-0.05, 0) is 33.3 Å². The van der Waals surface area contributed by atoms with Crippen LogP contribution in [0.3, 0.4) is 0 Å². The lowest BCUT2D eigenvalue weighted by atomic mass is 10.1. The van der Waals surface area contributed by atoms with Crippen LogP contribution in [-0.2, 0) is 0 Å². The molecule has 19 heavy (non-hydrogen) atoms. The van der Waals surface area contributed by atoms with E-state index in [9.17, 15) is 4.79 Å². The molecule has 106 valence electrons. The van der Waals surface area contributed by atoms with Gasteiger partial charge in [-0.3, -0.25) is 9.78 Å². The number of anilines is 1. The molecule has 0 radical (unpaired) electrons. The molecule has 0 bridgehead atoms. The van der Waals surface area contributed by atoms with Crippen molar-refractivity contribution in [1.82, 2.24) is 9.88 Å². The van der Waals surface area contributed by atoms with Crippen molar-refractivity contribution in [2.75, 3.05) is 25.5 Å². The first-order chi connectivity index (χ1) is 9.01. The van der Waals surface area contributed by atoms with Crippen LogP contribution in [0.4, 0.5) is 5.69 Å². The lowest BCUT2D eigenvalue weighted by Gasteiger charge is -2.27. The number of hydrogen-bond donors (Lipinski definition) is 2. The number of amides is 1. The molecule has 0 aromatic carbocycles. The van der Waals surface area contributed by atoms with Gasteiger partial charge in [-0.2, -0.15) is 0 Å². The molecule has 0 fully saturated rings. The van der Waals surface area contributed by atoms with Gasteiger partial charge in [-0.15, -0.1) is 0 Å². The second-order valence-electron chi connectivity index (χ2n) is 4.79. The van der Waals surface area contributed by atoms with E-state index in [0.717, 1.165) is 11.4 Å². The van der Waals surface area contributed by atoms with Crippen LogP contribution in [0.25, 0.3) is 0 Å². The van der Waals surface area contributed by atoms with Gasteiger partial charge in [0.2, 0.25) is 0 Å². The van der Waals surface area contributed by atoms with Gasteiger partial charge >= 0.3 is 0 Å². The van der Waals surface area contributed by atoms with Crippen molar-refractivity contribution in [2.45, 2.75) is 33.2 Å². The number of rotatable bonds is 6. The molecule has 0 aliphatic heterocycles. The summed E-state index contributed by atoms with van der Waals surface area (Å²) in [6.45, 7) is 6.46. The van der Waals surface area contributed by atoms with Crippen LogP contribution >= 0.6 is 0 Å². The van der Waals surface area contributed by atoms with Gasteiger partial charge in [-0.1, -0.05) is 0 Å². The van der Waals surface area contributed by atoms with Crippen LogP contribution in [-0.4, -0.2) is 47.1 Å². The zero-order chi connectivity index (χ0) is 14.4. The molecular formula is C14H23N3O2. The fourth-order valence-electron chi connectivity index (χ4n) is 1.93. The highest BCUT2D eigenvalue weighted by Gasteiger charge is 2.21. The van der Waals surface area contributed by atoms with Crippen molar-refractivity contribution in [3.05, 3.63) is 23.5 Å². The number of aliphatic hydroxyl groups excluding tert-OH is 1. The second-order valence-corrected chi connectivity index (χ2v) is 4.79. The first-order valence-electron chi connectivity index (χ1n) is 6.57. The Morgan fingerprint density at radius 1 is 1.53 bits per heavy atom. The molecule has 1 aromatic heterocycles. The van der Waals surface area contributed by atoms with Gasteiger partial charge in [0.15, 0.2) is 0 Å². The van der Waals surface area contributed by atoms with E-state index in [1.165, 1.54) is 0 Å². The Hall–Kier alpha value is -1.62. The monoisotopic (exact) mass is 265 g/mol. The van der Waals surface area contributed by atoms with Gasteiger partial charge in [0.25, 0.3) is 5.91 Å². The predicted octanol–water partition coefficient (Wildman–Crippen LogP) is 1.66. The molecule has 5 heteroatoms. The summed E-state index contributed by atoms with van der Waals surface area (Å²) in [6.07, 6.45) is 2.19. The molecular weight excluding hydrogens is 242 g/mol. The molecule has 1 aromatic rings. The fourth-order valence-corrected chi connectivity index (χ4v) is 1.93. The van der Waals surface area contributed by atoms with E-state index in [0.29, 0.717) is 18.5 Å². The largest absolute Gasteiger partial charge is 0.396 e. The third kappa shape index (κ3) is 3.92. The van der Waals surface area contributed by atoms with Gasteiger partial charge < -0.3 is 15.3 Å². The summed E-state index contributed by atoms with van der Waals surface area (Å²) in [4.78, 5) is 18.5. The lowest BCUT2D eigenvalue weighted by Crippen LogP contribution is -2.38. The summed E-state index contributed by atoms with van der Waals surface area (Å²) in [7, 11) is 1.79. The molecule has 0 saturated heterocycles. The Morgan fingerprint density at radius 3 is 2.74 bits per heavy atom. The maximum atomic E-state index is 12.5. The topological polar surface area (TPSA) is 65.5 Å². The maximum absolute atomic E-state index is 12.5. The average Bonchev–Trinajstić information content (AvgIpc) is 2.38. The van der Waals surface area contributed by atoms with Gasteiger partial charge in [0.1, 0.15) is 0 Å². The molecule has 5 nitrogen and oxygen atoms in total. The molecule has 1 heterocycles. The Bertz CT molecular complexity index is 433. The highest BCUT2D eigenvalue weighted by atomic mass is 16.3. The van der Waals surface area contributed by atoms with E-state index in [1.54, 1.807) is 18.1 Å². The van der Waals surface area contributed by atoms with E-state index in [2.05, 4.69) is 10.3 Å². The van der Waals surface area contributed by atoms with Gasteiger partial charge in [0.05, 0.1) is 11.3 Å². The number of nitrogens with zero attached hydrogens (tertiary/aromatic N) is 2. The van der Waals surface area contributed by atoms with Crippen molar-refractivity contribution >= 4 is 11.6 Å². The molecule has 0 aliphatic rings. The standard InChI is InChI=1S/C14H23N3O2/c1-10(2)17(6-5-7-18)14(19)12-9-16-11(3)8-13(12)15-4/h8-10,18H,5-7H2,1-4H3,(H,15,16). The van der Waals surface area contributed by atoms with Crippen molar-refractivity contribution in [3.63, 3.8) is 0 Å². The van der Waals surface area contributed by atoms with Crippen LogP contribution < -0.4 is 5.32 Å². The number of carbonyl (C=O) groups is 1. The highest BCUT2D eigenvalue weighted by Crippen LogP contribution is 2.18. The third-order valence-electron chi connectivity index (χ3n) is 2.98. The Balaban J connectivity index is 3.02. The highest BCUT2D eigenvalue weighted by molar-refractivity contribution is 5.99. The average molecular weight is 265 g/mol. The number of aromatic nitrogens is 1. The third-order valence-corrected chi connectivity index (χ3v) is 2.98. The summed E-state index contributed by atoms with van der Waals surface area (Å²) >= 11 is 0. The van der Waals surface area contributed by atoms with Crippen LogP contribution in [0.5, 0.6) is 0 Å². The first kappa shape index (κ1) is 15.4. The Labute approximate surface area is 114 Å². The number of aliphatic hydroxyl groups is 1. The molecule has 0 unspecified atom stereocenters. The van der Waals surface area contributed by atoms with E-state index < -0.39 is 0 Å². The van der Waals surface area contributed by atoms with Crippen molar-refractivity contribution < 1.29 is 9.90 Å². The molecule has 0 spiro atoms. The summed E-state index contributed by atoms with van der Waals surface area (Å²) in [6, 6.07) is 1.95. The van der Waals surface area contributed by atoms with Gasteiger partial charge in [0, 0.05) is 38.1 Å². The molecule has 1 rings (SSSR count). The minimum Gasteiger partial charge on any atom is -0.396 e. The van der Waals surface area contributed by atoms with Crippen LogP contribution in [0.15, 0.2) is 12.3 Å². The van der Waals surface area contributed by atoms with Crippen LogP contribution in [0, 0.1) is 6.92 Å². The van der Waals surface area contributed by atoms with E-state index in [-0.39, 0.29) is 18.6 Å². The normalized spacial score (nSPS) is 10.6. The zero-order valence-electron chi connectivity index (χ0n) is 12.1. The zero-order valence-corrected chi connectivity index (χ0v) is 12.1. The van der Waals surface area contributed by atoms with E-state index in [4.69, 9.17) is 5.11 Å². The minimum absolute atomic E-state index is 0.0553. The molecule has 0 aliphatic carbocycles. The van der Waals surface area contributed by atoms with Crippen LogP contribution in [0.1, 0.15) is 36.3 Å². The Kier molecular flexibility index (Phi) is 5.76. The fraction of sp³-hybridized carbons (Fsp3) is 0.571. The number of hydrogen-bond acceptors (Lipinski definition) is 4. The number of pyridine rings is 1. The van der Waals surface area contributed by atoms with Crippen LogP contribution in [0.2, 0.25) is 0 Å². The van der Waals surface area contributed by atoms with Crippen molar-refractivity contribution in [2.24, 2.45) is 0 Å². The maximum Gasteiger partial charge on any atom is 0.257 e. The van der Waals surface area contributed by atoms with Crippen molar-refractivity contribution in [3.8, 4) is 0 Å². The molecule has 1 amide bonds. The molecule has 0 saturated carbocycles. The van der Waals surface area contributed by atoms with Crippen molar-refractivity contribution in [1.29, 1.82) is 0 Å². The second kappa shape index (κ2) is 7.09. The lowest BCUT2D eigenvalue weighted by molar-refractivity contribution is 0.0693. The first-order valence-corrected chi connectivity index (χ1v) is 6.57. The van der Waals surface area contributed by atoms with E-state index >= 15 is 0 Å². The smallest absolute Gasteiger partial charge is 0.257 e. The summed E-state index contributed by atoms with van der Waals surface area (Å²) < 4.78 is 0. The summed E-state index contributed by atoms with van der Waals surface area (Å²) in [5.41, 5.74) is 2.22. The molecule has 0 atom stereocenters. The summed E-state index contributed by atoms with van der Waals surface area (Å²) in [5.74, 6) is -0.0553. The number of nitrogens with one attached hydrogen (secondary N) is 1. The minimum atomic E-state index is -0.0553. The summed E-state index contributed by atoms with van der Waals surface area (Å²) in [5, 5.41) is 12.0. The predicted molar refractivity (Wildman–Crippen MR) is 76.4 cm³/mol. The van der Waals surface area contributed by atoms with E-state index in [1.807, 2.05) is 26.8 Å². The Morgan fingerprint density at radius 2 is 2.21 bits per heavy atom. The SMILES string of the molecule is CNc1cc(C)ncc1C(=O)N(CCCO)C(C)C. The number of carbonyl (C=O) groups excluding carboxylic acids is 1. The van der Waals surface area contributed by atoms with Gasteiger partial charge in [-0.25, -0.2) is 0 Å². The number of aryl methyl sites for hydroxylation is 1. The molecule has 2 N–H and O–H groups in total. The quantitative estimate of drug-likeness (QED) is 0.821.